The molecule has 0 aromatic rings. The number of ether oxygens (including phenoxy) is 3. The quantitative estimate of drug-likeness (QED) is 0.0195. The van der Waals surface area contributed by atoms with Crippen molar-refractivity contribution < 1.29 is 49.3 Å². The second kappa shape index (κ2) is 67.5. The lowest BCUT2D eigenvalue weighted by Gasteiger charge is -2.40. The van der Waals surface area contributed by atoms with Crippen molar-refractivity contribution in [2.45, 2.75) is 397 Å². The van der Waals surface area contributed by atoms with Crippen molar-refractivity contribution in [3.05, 3.63) is 72.9 Å². The predicted molar refractivity (Wildman–Crippen MR) is 380 cm³/mol. The van der Waals surface area contributed by atoms with E-state index in [2.05, 4.69) is 79.9 Å². The first-order valence-corrected chi connectivity index (χ1v) is 38.2. The summed E-state index contributed by atoms with van der Waals surface area (Å²) in [4.78, 5) is 25.2. The molecule has 90 heavy (non-hydrogen) atoms. The molecule has 11 heteroatoms. The first-order valence-electron chi connectivity index (χ1n) is 38.2. The first-order chi connectivity index (χ1) is 44.2. The minimum Gasteiger partial charge on any atom is -0.466 e. The Bertz CT molecular complexity index is 1730. The molecule has 7 atom stereocenters. The summed E-state index contributed by atoms with van der Waals surface area (Å²) in [5.41, 5.74) is 0. The molecule has 1 saturated heterocycles. The van der Waals surface area contributed by atoms with Crippen LogP contribution < -0.4 is 5.32 Å². The Morgan fingerprint density at radius 2 is 0.756 bits per heavy atom. The zero-order chi connectivity index (χ0) is 65.1. The van der Waals surface area contributed by atoms with E-state index in [0.29, 0.717) is 19.4 Å². The highest BCUT2D eigenvalue weighted by atomic mass is 16.7. The molecular weight excluding hydrogens is 1120 g/mol. The number of nitrogens with one attached hydrogen (secondary N) is 1. The molecule has 6 N–H and O–H groups in total. The van der Waals surface area contributed by atoms with Crippen LogP contribution in [0, 0.1) is 0 Å². The number of hydrogen-bond donors (Lipinski definition) is 6. The van der Waals surface area contributed by atoms with Crippen molar-refractivity contribution in [3.63, 3.8) is 0 Å². The van der Waals surface area contributed by atoms with E-state index >= 15 is 0 Å². The average molecular weight is 1270 g/mol. The van der Waals surface area contributed by atoms with Gasteiger partial charge in [-0.15, -0.1) is 0 Å². The summed E-state index contributed by atoms with van der Waals surface area (Å²) in [6, 6.07) is -0.826. The largest absolute Gasteiger partial charge is 0.466 e. The Hall–Kier alpha value is -2.90. The predicted octanol–water partition coefficient (Wildman–Crippen LogP) is 20.2. The van der Waals surface area contributed by atoms with Gasteiger partial charge in [-0.2, -0.15) is 0 Å². The number of aliphatic hydroxyl groups is 5. The summed E-state index contributed by atoms with van der Waals surface area (Å²) < 4.78 is 16.7. The van der Waals surface area contributed by atoms with E-state index in [-0.39, 0.29) is 18.5 Å². The molecule has 0 aromatic heterocycles. The van der Waals surface area contributed by atoms with Gasteiger partial charge in [-0.3, -0.25) is 9.59 Å². The maximum absolute atomic E-state index is 13.0. The van der Waals surface area contributed by atoms with Gasteiger partial charge in [-0.05, 0) is 109 Å². The second-order valence-electron chi connectivity index (χ2n) is 26.3. The summed E-state index contributed by atoms with van der Waals surface area (Å²) in [5.74, 6) is -0.189. The molecule has 1 aliphatic rings. The number of carbonyl (C=O) groups is 2. The van der Waals surface area contributed by atoms with Gasteiger partial charge < -0.3 is 45.1 Å². The van der Waals surface area contributed by atoms with Gasteiger partial charge in [0.2, 0.25) is 5.91 Å². The van der Waals surface area contributed by atoms with Crippen LogP contribution >= 0.6 is 0 Å². The number of esters is 1. The molecule has 1 fully saturated rings. The van der Waals surface area contributed by atoms with Crippen LogP contribution in [0.4, 0.5) is 0 Å². The van der Waals surface area contributed by atoms with Crippen LogP contribution in [0.1, 0.15) is 354 Å². The van der Waals surface area contributed by atoms with Crippen LogP contribution in [0.5, 0.6) is 0 Å². The Morgan fingerprint density at radius 1 is 0.411 bits per heavy atom. The molecule has 1 aliphatic heterocycles. The Morgan fingerprint density at radius 3 is 1.19 bits per heavy atom. The molecule has 0 radical (unpaired) electrons. The zero-order valence-corrected chi connectivity index (χ0v) is 58.3. The summed E-state index contributed by atoms with van der Waals surface area (Å²) in [7, 11) is 0. The van der Waals surface area contributed by atoms with Gasteiger partial charge >= 0.3 is 5.97 Å². The maximum atomic E-state index is 13.0. The van der Waals surface area contributed by atoms with Crippen molar-refractivity contribution >= 4 is 11.9 Å². The molecule has 1 amide bonds. The number of allylic oxidation sites excluding steroid dienone is 11. The number of amides is 1. The van der Waals surface area contributed by atoms with Gasteiger partial charge in [-0.1, -0.05) is 305 Å². The first kappa shape index (κ1) is 85.1. The van der Waals surface area contributed by atoms with Gasteiger partial charge in [0.25, 0.3) is 0 Å². The fraction of sp³-hybridized carbons (Fsp3) is 0.823. The van der Waals surface area contributed by atoms with Crippen molar-refractivity contribution in [1.29, 1.82) is 0 Å². The smallest absolute Gasteiger partial charge is 0.305 e. The normalized spacial score (nSPS) is 18.1. The van der Waals surface area contributed by atoms with Crippen LogP contribution in [0.25, 0.3) is 0 Å². The number of rotatable bonds is 67. The van der Waals surface area contributed by atoms with Gasteiger partial charge in [0.15, 0.2) is 6.29 Å². The highest BCUT2D eigenvalue weighted by Crippen LogP contribution is 2.23. The topological polar surface area (TPSA) is 175 Å². The van der Waals surface area contributed by atoms with Crippen LogP contribution in [0.15, 0.2) is 72.9 Å². The summed E-state index contributed by atoms with van der Waals surface area (Å²) in [6.45, 7) is 4.29. The standard InChI is InChI=1S/C79H143NO10/c1-3-5-7-9-11-13-15-16-17-18-34-38-41-44-47-51-55-59-63-67-75(84)88-68-64-60-56-52-48-45-42-39-36-33-31-29-27-25-23-21-19-20-22-24-26-28-30-32-35-37-40-43-46-50-54-58-62-66-74(83)80-71(70-89-79-78(87)77(86)76(85)73(69-81)90-79)72(82)65-61-57-53-49-14-12-10-8-6-4-2/h11,13-14,16-17,23,25,29,31,49,61,65,71-73,76-79,81-82,85-87H,3-10,12,15,18-22,24,26-28,30,32-48,50-60,62-64,66-70H2,1-2H3,(H,80,83)/b13-11-,17-16-,25-23-,31-29-,49-14+,65-61+. The third-order valence-electron chi connectivity index (χ3n) is 17.8. The van der Waals surface area contributed by atoms with Crippen LogP contribution in [-0.4, -0.2) is 100 Å². The number of aliphatic hydroxyl groups excluding tert-OH is 5. The minimum atomic E-state index is -1.58. The molecule has 524 valence electrons. The second-order valence-corrected chi connectivity index (χ2v) is 26.3. The van der Waals surface area contributed by atoms with Gasteiger partial charge in [-0.25, -0.2) is 0 Å². The van der Waals surface area contributed by atoms with Crippen molar-refractivity contribution in [3.8, 4) is 0 Å². The zero-order valence-electron chi connectivity index (χ0n) is 58.3. The molecular formula is C79H143NO10. The average Bonchev–Trinajstić information content (AvgIpc) is 1.93. The van der Waals surface area contributed by atoms with E-state index in [1.54, 1.807) is 6.08 Å². The molecule has 1 heterocycles. The number of hydrogen-bond acceptors (Lipinski definition) is 10. The van der Waals surface area contributed by atoms with Crippen LogP contribution in [0.3, 0.4) is 0 Å². The number of unbranched alkanes of at least 4 members (excludes halogenated alkanes) is 43. The SMILES string of the molecule is CCCCC/C=C\C/C=C\CCCCCCCCCCCC(=O)OCCCCCCCCCCC/C=C\C/C=C\CCCCCCCCCCCCCCCCCCCC(=O)NC(COC1OC(CO)C(O)C(O)C1O)C(O)/C=C/CC/C=C/CCCCCC. The van der Waals surface area contributed by atoms with Gasteiger partial charge in [0, 0.05) is 12.8 Å². The maximum Gasteiger partial charge on any atom is 0.305 e. The van der Waals surface area contributed by atoms with Gasteiger partial charge in [0.05, 0.1) is 32.0 Å². The Kier molecular flexibility index (Phi) is 63.9. The molecule has 0 saturated carbocycles. The molecule has 11 nitrogen and oxygen atoms in total. The highest BCUT2D eigenvalue weighted by molar-refractivity contribution is 5.76. The van der Waals surface area contributed by atoms with Crippen LogP contribution in [0.2, 0.25) is 0 Å². The highest BCUT2D eigenvalue weighted by Gasteiger charge is 2.44. The lowest BCUT2D eigenvalue weighted by molar-refractivity contribution is -0.302. The molecule has 0 aliphatic carbocycles. The van der Waals surface area contributed by atoms with E-state index < -0.39 is 49.5 Å². The fourth-order valence-electron chi connectivity index (χ4n) is 11.7. The lowest BCUT2D eigenvalue weighted by atomic mass is 9.99. The monoisotopic (exact) mass is 1270 g/mol. The van der Waals surface area contributed by atoms with Crippen molar-refractivity contribution in [2.75, 3.05) is 19.8 Å². The van der Waals surface area contributed by atoms with E-state index in [4.69, 9.17) is 14.2 Å². The third-order valence-corrected chi connectivity index (χ3v) is 17.8. The van der Waals surface area contributed by atoms with Crippen molar-refractivity contribution in [1.82, 2.24) is 5.32 Å². The summed E-state index contributed by atoms with van der Waals surface area (Å²) in [5, 5.41) is 54.3. The molecule has 7 unspecified atom stereocenters. The van der Waals surface area contributed by atoms with Crippen LogP contribution in [-0.2, 0) is 23.8 Å². The van der Waals surface area contributed by atoms with E-state index in [1.807, 2.05) is 6.08 Å². The molecule has 1 rings (SSSR count). The van der Waals surface area contributed by atoms with Gasteiger partial charge in [0.1, 0.15) is 24.4 Å². The third kappa shape index (κ3) is 55.5. The molecule has 0 spiro atoms. The van der Waals surface area contributed by atoms with E-state index in [9.17, 15) is 35.1 Å². The Labute approximate surface area is 553 Å². The minimum absolute atomic E-state index is 0.00271. The van der Waals surface area contributed by atoms with E-state index in [1.165, 1.54) is 257 Å². The summed E-state index contributed by atoms with van der Waals surface area (Å²) in [6.07, 6.45) is 82.2. The fourth-order valence-corrected chi connectivity index (χ4v) is 11.7. The number of carbonyl (C=O) groups excluding carboxylic acids is 2. The molecule has 0 bridgehead atoms. The molecule has 0 aromatic carbocycles. The van der Waals surface area contributed by atoms with E-state index in [0.717, 1.165) is 70.6 Å². The van der Waals surface area contributed by atoms with Crippen molar-refractivity contribution in [2.24, 2.45) is 0 Å². The Balaban J connectivity index is 1.90. The lowest BCUT2D eigenvalue weighted by Crippen LogP contribution is -2.60. The summed E-state index contributed by atoms with van der Waals surface area (Å²) >= 11 is 0.